The predicted octanol–water partition coefficient (Wildman–Crippen LogP) is 2.98. The van der Waals surface area contributed by atoms with E-state index in [1.54, 1.807) is 0 Å². The topological polar surface area (TPSA) is 85.1 Å². The first-order valence-corrected chi connectivity index (χ1v) is 8.14. The summed E-state index contributed by atoms with van der Waals surface area (Å²) in [6.45, 7) is 0. The molecule has 0 amide bonds. The lowest BCUT2D eigenvalue weighted by molar-refractivity contribution is 0.302. The van der Waals surface area contributed by atoms with E-state index in [1.807, 2.05) is 0 Å². The molecule has 120 valence electrons. The SMILES string of the molecule is O=S(=O)(Nc1ccc(F)c(F)c1)C1C=CC=C(Cl)c2nonc21. The van der Waals surface area contributed by atoms with Gasteiger partial charge in [0.1, 0.15) is 10.9 Å². The van der Waals surface area contributed by atoms with Gasteiger partial charge in [-0.05, 0) is 23.4 Å². The highest BCUT2D eigenvalue weighted by Gasteiger charge is 2.33. The van der Waals surface area contributed by atoms with Gasteiger partial charge in [0.2, 0.25) is 10.0 Å². The van der Waals surface area contributed by atoms with Gasteiger partial charge in [0.25, 0.3) is 0 Å². The summed E-state index contributed by atoms with van der Waals surface area (Å²) in [6, 6.07) is 2.65. The molecule has 1 heterocycles. The van der Waals surface area contributed by atoms with Crippen molar-refractivity contribution in [1.29, 1.82) is 0 Å². The number of sulfonamides is 1. The largest absolute Gasteiger partial charge is 0.283 e. The second-order valence-corrected chi connectivity index (χ2v) is 6.80. The predicted molar refractivity (Wildman–Crippen MR) is 78.9 cm³/mol. The van der Waals surface area contributed by atoms with Crippen molar-refractivity contribution >= 4 is 32.3 Å². The second-order valence-electron chi connectivity index (χ2n) is 4.59. The molecule has 1 unspecified atom stereocenters. The van der Waals surface area contributed by atoms with Crippen molar-refractivity contribution in [2.75, 3.05) is 4.72 Å². The first kappa shape index (κ1) is 15.6. The average Bonchev–Trinajstić information content (AvgIpc) is 2.90. The Morgan fingerprint density at radius 1 is 1.22 bits per heavy atom. The van der Waals surface area contributed by atoms with E-state index < -0.39 is 26.9 Å². The van der Waals surface area contributed by atoms with Crippen LogP contribution >= 0.6 is 11.6 Å². The van der Waals surface area contributed by atoms with E-state index in [0.717, 1.165) is 18.2 Å². The number of hydrogen-bond acceptors (Lipinski definition) is 5. The van der Waals surface area contributed by atoms with Crippen LogP contribution in [0.15, 0.2) is 41.1 Å². The van der Waals surface area contributed by atoms with Gasteiger partial charge < -0.3 is 0 Å². The highest BCUT2D eigenvalue weighted by atomic mass is 35.5. The van der Waals surface area contributed by atoms with Crippen molar-refractivity contribution in [2.24, 2.45) is 0 Å². The maximum atomic E-state index is 13.2. The molecule has 1 aliphatic rings. The monoisotopic (exact) mass is 359 g/mol. The van der Waals surface area contributed by atoms with Gasteiger partial charge in [0.05, 0.1) is 10.7 Å². The van der Waals surface area contributed by atoms with Crippen LogP contribution in [-0.2, 0) is 10.0 Å². The van der Waals surface area contributed by atoms with Crippen molar-refractivity contribution in [3.05, 3.63) is 59.4 Å². The molecule has 0 saturated carbocycles. The van der Waals surface area contributed by atoms with Gasteiger partial charge in [0.15, 0.2) is 17.3 Å². The van der Waals surface area contributed by atoms with E-state index in [9.17, 15) is 17.2 Å². The number of nitrogens with zero attached hydrogens (tertiary/aromatic N) is 2. The lowest BCUT2D eigenvalue weighted by Gasteiger charge is -2.13. The smallest absolute Gasteiger partial charge is 0.245 e. The maximum Gasteiger partial charge on any atom is 0.245 e. The summed E-state index contributed by atoms with van der Waals surface area (Å²) in [6.07, 6.45) is 4.19. The number of allylic oxidation sites excluding steroid dienone is 2. The van der Waals surface area contributed by atoms with Crippen molar-refractivity contribution in [2.45, 2.75) is 5.25 Å². The van der Waals surface area contributed by atoms with Crippen LogP contribution in [0.2, 0.25) is 0 Å². The molecule has 6 nitrogen and oxygen atoms in total. The summed E-state index contributed by atoms with van der Waals surface area (Å²) in [4.78, 5) is 0. The van der Waals surface area contributed by atoms with Crippen LogP contribution in [0, 0.1) is 11.6 Å². The highest BCUT2D eigenvalue weighted by Crippen LogP contribution is 2.33. The second kappa shape index (κ2) is 5.74. The van der Waals surface area contributed by atoms with Gasteiger partial charge in [0, 0.05) is 6.07 Å². The third-order valence-corrected chi connectivity index (χ3v) is 4.93. The molecule has 0 radical (unpaired) electrons. The maximum absolute atomic E-state index is 13.2. The molecule has 0 aliphatic heterocycles. The fourth-order valence-corrected chi connectivity index (χ4v) is 3.53. The molecule has 0 saturated heterocycles. The Balaban J connectivity index is 1.97. The Kier molecular flexibility index (Phi) is 3.90. The number of aromatic nitrogens is 2. The standard InChI is InChI=1S/C13H8ClF2N3O3S/c14-8-2-1-3-11(13-12(8)17-22-18-13)23(20,21)19-7-4-5-9(15)10(16)6-7/h1-6,11,19H. The number of anilines is 1. The number of hydrogen-bond donors (Lipinski definition) is 1. The van der Waals surface area contributed by atoms with Crippen LogP contribution in [0.4, 0.5) is 14.5 Å². The fourth-order valence-electron chi connectivity index (χ4n) is 2.00. The zero-order valence-electron chi connectivity index (χ0n) is 11.2. The summed E-state index contributed by atoms with van der Waals surface area (Å²) in [5.74, 6) is -2.25. The third-order valence-electron chi connectivity index (χ3n) is 3.05. The van der Waals surface area contributed by atoms with E-state index >= 15 is 0 Å². The number of rotatable bonds is 3. The minimum atomic E-state index is -4.08. The zero-order chi connectivity index (χ0) is 16.6. The fraction of sp³-hybridized carbons (Fsp3) is 0.0769. The number of fused-ring (bicyclic) bond motifs is 1. The first-order valence-electron chi connectivity index (χ1n) is 6.22. The van der Waals surface area contributed by atoms with Crippen molar-refractivity contribution in [1.82, 2.24) is 10.3 Å². The molecule has 1 aromatic carbocycles. The van der Waals surface area contributed by atoms with Gasteiger partial charge in [-0.25, -0.2) is 21.8 Å². The number of nitrogens with one attached hydrogen (secondary N) is 1. The van der Waals surface area contributed by atoms with Gasteiger partial charge in [-0.1, -0.05) is 28.9 Å². The molecule has 10 heteroatoms. The van der Waals surface area contributed by atoms with Gasteiger partial charge in [-0.15, -0.1) is 0 Å². The molecule has 1 N–H and O–H groups in total. The zero-order valence-corrected chi connectivity index (χ0v) is 12.8. The van der Waals surface area contributed by atoms with Crippen molar-refractivity contribution in [3.8, 4) is 0 Å². The molecule has 3 rings (SSSR count). The minimum absolute atomic E-state index is 0.00455. The van der Waals surface area contributed by atoms with Crippen LogP contribution in [0.25, 0.3) is 5.03 Å². The minimum Gasteiger partial charge on any atom is -0.283 e. The number of halogens is 3. The van der Waals surface area contributed by atoms with E-state index in [1.165, 1.54) is 18.2 Å². The third kappa shape index (κ3) is 2.97. The van der Waals surface area contributed by atoms with Crippen LogP contribution < -0.4 is 4.72 Å². The van der Waals surface area contributed by atoms with E-state index in [0.29, 0.717) is 0 Å². The summed E-state index contributed by atoms with van der Waals surface area (Å²) in [7, 11) is -4.08. The van der Waals surface area contributed by atoms with Crippen LogP contribution in [0.1, 0.15) is 16.6 Å². The van der Waals surface area contributed by atoms with Gasteiger partial charge >= 0.3 is 0 Å². The molecule has 1 atom stereocenters. The Bertz CT molecular complexity index is 924. The van der Waals surface area contributed by atoms with E-state index in [2.05, 4.69) is 19.7 Å². The lowest BCUT2D eigenvalue weighted by Crippen LogP contribution is -2.21. The summed E-state index contributed by atoms with van der Waals surface area (Å²) < 4.78 is 57.9. The molecular formula is C13H8ClF2N3O3S. The van der Waals surface area contributed by atoms with Crippen molar-refractivity contribution < 1.29 is 21.8 Å². The average molecular weight is 360 g/mol. The Morgan fingerprint density at radius 3 is 2.74 bits per heavy atom. The molecule has 2 aromatic rings. The van der Waals surface area contributed by atoms with Crippen molar-refractivity contribution in [3.63, 3.8) is 0 Å². The Hall–Kier alpha value is -2.26. The number of benzene rings is 1. The molecule has 0 bridgehead atoms. The molecular weight excluding hydrogens is 352 g/mol. The normalized spacial score (nSPS) is 17.3. The molecule has 0 spiro atoms. The van der Waals surface area contributed by atoms with Crippen LogP contribution in [-0.4, -0.2) is 18.7 Å². The summed E-state index contributed by atoms with van der Waals surface area (Å²) >= 11 is 5.95. The molecule has 1 aliphatic carbocycles. The van der Waals surface area contributed by atoms with Crippen LogP contribution in [0.3, 0.4) is 0 Å². The molecule has 0 fully saturated rings. The summed E-state index contributed by atoms with van der Waals surface area (Å²) in [5, 5.41) is 6.05. The Labute approximate surface area is 134 Å². The molecule has 1 aromatic heterocycles. The van der Waals surface area contributed by atoms with Gasteiger partial charge in [-0.2, -0.15) is 0 Å². The Morgan fingerprint density at radius 2 is 2.00 bits per heavy atom. The quantitative estimate of drug-likeness (QED) is 0.910. The first-order chi connectivity index (χ1) is 10.9. The molecule has 23 heavy (non-hydrogen) atoms. The highest BCUT2D eigenvalue weighted by molar-refractivity contribution is 7.93. The lowest BCUT2D eigenvalue weighted by atomic mass is 10.2. The van der Waals surface area contributed by atoms with Crippen LogP contribution in [0.5, 0.6) is 0 Å². The van der Waals surface area contributed by atoms with E-state index in [-0.39, 0.29) is 22.1 Å². The summed E-state index contributed by atoms with van der Waals surface area (Å²) in [5.41, 5.74) is -0.0361. The van der Waals surface area contributed by atoms with E-state index in [4.69, 9.17) is 11.6 Å². The van der Waals surface area contributed by atoms with Gasteiger partial charge in [-0.3, -0.25) is 4.72 Å².